The Balaban J connectivity index is 1.99. The molecule has 0 bridgehead atoms. The van der Waals surface area contributed by atoms with Gasteiger partial charge in [-0.15, -0.1) is 0 Å². The second kappa shape index (κ2) is 7.45. The van der Waals surface area contributed by atoms with E-state index in [-0.39, 0.29) is 34.8 Å². The van der Waals surface area contributed by atoms with E-state index >= 15 is 0 Å². The van der Waals surface area contributed by atoms with Crippen LogP contribution < -0.4 is 5.56 Å². The van der Waals surface area contributed by atoms with Crippen molar-refractivity contribution in [3.8, 4) is 11.3 Å². The van der Waals surface area contributed by atoms with Crippen molar-refractivity contribution in [1.29, 1.82) is 0 Å². The summed E-state index contributed by atoms with van der Waals surface area (Å²) in [7, 11) is 0. The highest BCUT2D eigenvalue weighted by molar-refractivity contribution is 5.99. The largest absolute Gasteiger partial charge is 0.478 e. The third-order valence-corrected chi connectivity index (χ3v) is 3.86. The van der Waals surface area contributed by atoms with Gasteiger partial charge in [0.25, 0.3) is 11.2 Å². The summed E-state index contributed by atoms with van der Waals surface area (Å²) >= 11 is 0. The maximum atomic E-state index is 12.5. The summed E-state index contributed by atoms with van der Waals surface area (Å²) in [5, 5.41) is 9.04. The van der Waals surface area contributed by atoms with Gasteiger partial charge in [-0.05, 0) is 17.7 Å². The Morgan fingerprint density at radius 2 is 1.78 bits per heavy atom. The van der Waals surface area contributed by atoms with E-state index < -0.39 is 17.3 Å². The molecule has 132 valence electrons. The van der Waals surface area contributed by atoms with Crippen molar-refractivity contribution in [3.05, 3.63) is 93.3 Å². The van der Waals surface area contributed by atoms with Crippen LogP contribution in [0.3, 0.4) is 0 Å². The molecule has 3 aromatic rings. The number of carboxylic acids is 1. The molecule has 0 radical (unpaired) electrons. The topological polar surface area (TPSA) is 104 Å². The number of carbonyl (C=O) groups is 2. The van der Waals surface area contributed by atoms with Crippen LogP contribution in [0.4, 0.5) is 5.69 Å². The van der Waals surface area contributed by atoms with Gasteiger partial charge in [0.1, 0.15) is 5.82 Å². The molecule has 1 aromatic heterocycles. The summed E-state index contributed by atoms with van der Waals surface area (Å²) < 4.78 is 0. The molecule has 2 aromatic carbocycles. The number of rotatable bonds is 5. The van der Waals surface area contributed by atoms with E-state index in [1.54, 1.807) is 30.3 Å². The number of aromatic nitrogens is 2. The number of hydrogen-bond donors (Lipinski definition) is 2. The molecule has 0 saturated carbocycles. The van der Waals surface area contributed by atoms with Gasteiger partial charge in [0.2, 0.25) is 0 Å². The summed E-state index contributed by atoms with van der Waals surface area (Å²) in [6.07, 6.45) is -0.226. The van der Waals surface area contributed by atoms with E-state index in [0.29, 0.717) is 5.56 Å². The number of benzene rings is 2. The number of nitrogens with one attached hydrogen (secondary N) is 1. The summed E-state index contributed by atoms with van der Waals surface area (Å²) in [5.74, 6) is -1.42. The maximum absolute atomic E-state index is 12.5. The van der Waals surface area contributed by atoms with Gasteiger partial charge in [-0.1, -0.05) is 42.5 Å². The molecule has 0 spiro atoms. The summed E-state index contributed by atoms with van der Waals surface area (Å²) in [5.41, 5.74) is 0.225. The lowest BCUT2D eigenvalue weighted by molar-refractivity contribution is 0.0697. The summed E-state index contributed by atoms with van der Waals surface area (Å²) in [6, 6.07) is 14.4. The number of ketones is 1. The number of carboxylic acid groups (broad SMARTS) is 1. The van der Waals surface area contributed by atoms with E-state index in [0.717, 1.165) is 0 Å². The molecule has 0 aliphatic carbocycles. The number of H-pyrrole nitrogens is 1. The second-order valence-corrected chi connectivity index (χ2v) is 5.67. The van der Waals surface area contributed by atoms with Gasteiger partial charge < -0.3 is 10.1 Å². The molecule has 3 rings (SSSR count). The van der Waals surface area contributed by atoms with Crippen molar-refractivity contribution in [2.75, 3.05) is 0 Å². The van der Waals surface area contributed by atoms with Crippen molar-refractivity contribution >= 4 is 17.4 Å². The van der Waals surface area contributed by atoms with Gasteiger partial charge in [-0.25, -0.2) is 14.6 Å². The lowest BCUT2D eigenvalue weighted by atomic mass is 10.0. The van der Waals surface area contributed by atoms with Gasteiger partial charge >= 0.3 is 5.97 Å². The monoisotopic (exact) mass is 359 g/mol. The zero-order valence-corrected chi connectivity index (χ0v) is 14.0. The molecule has 0 amide bonds. The quantitative estimate of drug-likeness (QED) is 0.538. The Labute approximate surface area is 153 Å². The molecule has 0 aliphatic heterocycles. The SMILES string of the molecule is [C-]#[N+]c1c(-c2ccccc2)nc(CC(=O)c2cccc(C(=O)O)c2)[nH]c1=O. The van der Waals surface area contributed by atoms with Gasteiger partial charge in [-0.2, -0.15) is 0 Å². The van der Waals surface area contributed by atoms with Crippen LogP contribution in [-0.4, -0.2) is 26.8 Å². The molecule has 27 heavy (non-hydrogen) atoms. The highest BCUT2D eigenvalue weighted by atomic mass is 16.4. The number of aromatic amines is 1. The van der Waals surface area contributed by atoms with Crippen molar-refractivity contribution in [2.45, 2.75) is 6.42 Å². The van der Waals surface area contributed by atoms with E-state index in [4.69, 9.17) is 11.7 Å². The van der Waals surface area contributed by atoms with E-state index in [1.165, 1.54) is 24.3 Å². The lowest BCUT2D eigenvalue weighted by Crippen LogP contribution is -2.16. The van der Waals surface area contributed by atoms with Crippen molar-refractivity contribution in [3.63, 3.8) is 0 Å². The Morgan fingerprint density at radius 1 is 1.07 bits per heavy atom. The average molecular weight is 359 g/mol. The maximum Gasteiger partial charge on any atom is 0.335 e. The molecule has 0 unspecified atom stereocenters. The molecule has 7 heteroatoms. The fraction of sp³-hybridized carbons (Fsp3) is 0.0500. The third kappa shape index (κ3) is 3.80. The van der Waals surface area contributed by atoms with Gasteiger partial charge in [0.05, 0.1) is 24.3 Å². The van der Waals surface area contributed by atoms with E-state index in [2.05, 4.69) is 14.8 Å². The van der Waals surface area contributed by atoms with Crippen LogP contribution in [0, 0.1) is 6.57 Å². The van der Waals surface area contributed by atoms with Gasteiger partial charge in [-0.3, -0.25) is 9.59 Å². The molecule has 1 heterocycles. The minimum absolute atomic E-state index is 0.00405. The van der Waals surface area contributed by atoms with Crippen molar-refractivity contribution in [1.82, 2.24) is 9.97 Å². The minimum atomic E-state index is -1.14. The fourth-order valence-corrected chi connectivity index (χ4v) is 2.58. The predicted octanol–water partition coefficient (Wildman–Crippen LogP) is 3.11. The molecular formula is C20H13N3O4. The second-order valence-electron chi connectivity index (χ2n) is 5.67. The zero-order valence-electron chi connectivity index (χ0n) is 14.0. The standard InChI is InChI=1S/C20H13N3O4/c1-21-18-17(12-6-3-2-4-7-12)22-16(23-19(18)25)11-15(24)13-8-5-9-14(10-13)20(26)27/h2-10H,11H2,(H,26,27)(H,22,23,25). The predicted molar refractivity (Wildman–Crippen MR) is 98.0 cm³/mol. The smallest absolute Gasteiger partial charge is 0.335 e. The minimum Gasteiger partial charge on any atom is -0.478 e. The first-order valence-electron chi connectivity index (χ1n) is 7.92. The van der Waals surface area contributed by atoms with Crippen LogP contribution >= 0.6 is 0 Å². The molecule has 0 aliphatic rings. The highest BCUT2D eigenvalue weighted by Gasteiger charge is 2.16. The average Bonchev–Trinajstić information content (AvgIpc) is 2.68. The molecular weight excluding hydrogens is 346 g/mol. The molecule has 2 N–H and O–H groups in total. The van der Waals surface area contributed by atoms with E-state index in [1.807, 2.05) is 0 Å². The lowest BCUT2D eigenvalue weighted by Gasteiger charge is -2.07. The van der Waals surface area contributed by atoms with Crippen LogP contribution in [-0.2, 0) is 6.42 Å². The number of carbonyl (C=O) groups excluding carboxylic acids is 1. The molecule has 0 fully saturated rings. The Morgan fingerprint density at radius 3 is 2.44 bits per heavy atom. The van der Waals surface area contributed by atoms with Crippen LogP contribution in [0.2, 0.25) is 0 Å². The number of Topliss-reactive ketones (excluding diaryl/α,β-unsaturated/α-hetero) is 1. The first-order valence-corrected chi connectivity index (χ1v) is 7.92. The number of nitrogens with zero attached hydrogens (tertiary/aromatic N) is 2. The van der Waals surface area contributed by atoms with Crippen LogP contribution in [0.25, 0.3) is 16.1 Å². The Hall–Kier alpha value is -4.05. The van der Waals surface area contributed by atoms with E-state index in [9.17, 15) is 14.4 Å². The fourth-order valence-electron chi connectivity index (χ4n) is 2.58. The summed E-state index contributed by atoms with van der Waals surface area (Å²) in [6.45, 7) is 7.23. The van der Waals surface area contributed by atoms with Crippen molar-refractivity contribution in [2.24, 2.45) is 0 Å². The van der Waals surface area contributed by atoms with Crippen molar-refractivity contribution < 1.29 is 14.7 Å². The molecule has 7 nitrogen and oxygen atoms in total. The highest BCUT2D eigenvalue weighted by Crippen LogP contribution is 2.24. The zero-order chi connectivity index (χ0) is 19.4. The van der Waals surface area contributed by atoms with Crippen LogP contribution in [0.15, 0.2) is 59.4 Å². The van der Waals surface area contributed by atoms with Crippen LogP contribution in [0.5, 0.6) is 0 Å². The van der Waals surface area contributed by atoms with Crippen LogP contribution in [0.1, 0.15) is 26.5 Å². The molecule has 0 saturated heterocycles. The Kier molecular flexibility index (Phi) is 4.90. The van der Waals surface area contributed by atoms with Gasteiger partial charge in [0, 0.05) is 5.56 Å². The third-order valence-electron chi connectivity index (χ3n) is 3.86. The number of hydrogen-bond acceptors (Lipinski definition) is 4. The molecule has 0 atom stereocenters. The summed E-state index contributed by atoms with van der Waals surface area (Å²) in [4.78, 5) is 45.8. The van der Waals surface area contributed by atoms with Gasteiger partial charge in [0.15, 0.2) is 5.78 Å². The normalized spacial score (nSPS) is 10.2. The first kappa shape index (κ1) is 17.8. The first-order chi connectivity index (χ1) is 13.0. The Bertz CT molecular complexity index is 1130. The number of aromatic carboxylic acids is 1.